The Kier molecular flexibility index (Phi) is 9.08. The lowest BCUT2D eigenvalue weighted by atomic mass is 10.1. The van der Waals surface area contributed by atoms with E-state index in [1.54, 1.807) is 41.1 Å². The molecule has 2 heterocycles. The summed E-state index contributed by atoms with van der Waals surface area (Å²) in [6.45, 7) is 0.451. The second-order valence-electron chi connectivity index (χ2n) is 12.5. The van der Waals surface area contributed by atoms with Crippen LogP contribution < -0.4 is 10.6 Å². The van der Waals surface area contributed by atoms with Crippen molar-refractivity contribution in [3.63, 3.8) is 0 Å². The number of carbonyl (C=O) groups excluding carboxylic acids is 2. The van der Waals surface area contributed by atoms with Crippen molar-refractivity contribution >= 4 is 68.3 Å². The zero-order valence-electron chi connectivity index (χ0n) is 27.3. The van der Waals surface area contributed by atoms with Crippen LogP contribution in [0.15, 0.2) is 83.8 Å². The minimum absolute atomic E-state index is 0.126. The van der Waals surface area contributed by atoms with Gasteiger partial charge in [0.15, 0.2) is 11.4 Å². The number of fused-ring (bicyclic) bond motifs is 6. The summed E-state index contributed by atoms with van der Waals surface area (Å²) in [5, 5.41) is 16.7. The fraction of sp³-hybridized carbons (Fsp3) is 0.135. The lowest BCUT2D eigenvalue weighted by Gasteiger charge is -2.10. The van der Waals surface area contributed by atoms with Crippen LogP contribution in [0.1, 0.15) is 49.7 Å². The number of nitrogens with zero attached hydrogens (tertiary/aromatic N) is 4. The summed E-state index contributed by atoms with van der Waals surface area (Å²) in [4.78, 5) is 26.9. The van der Waals surface area contributed by atoms with Crippen molar-refractivity contribution in [1.29, 1.82) is 0 Å². The minimum atomic E-state index is -4.50. The summed E-state index contributed by atoms with van der Waals surface area (Å²) < 4.78 is 36.8. The maximum atomic E-state index is 13.6. The quantitative estimate of drug-likeness (QED) is 0.100. The molecule has 0 fully saturated rings. The highest BCUT2D eigenvalue weighted by atomic mass is 35.5. The van der Waals surface area contributed by atoms with Crippen LogP contribution >= 0.6 is 46.4 Å². The molecule has 0 unspecified atom stereocenters. The average Bonchev–Trinajstić information content (AvgIpc) is 3.86. The molecule has 2 amide bonds. The van der Waals surface area contributed by atoms with Crippen LogP contribution in [0.25, 0.3) is 33.9 Å². The zero-order valence-corrected chi connectivity index (χ0v) is 31.2. The van der Waals surface area contributed by atoms with E-state index in [4.69, 9.17) is 51.5 Å². The van der Waals surface area contributed by atoms with E-state index >= 15 is 0 Å². The summed E-state index contributed by atoms with van der Waals surface area (Å²) >= 11 is 25.4. The molecule has 0 saturated heterocycles. The van der Waals surface area contributed by atoms with E-state index in [1.807, 2.05) is 24.3 Å². The smallest absolute Gasteiger partial charge is 0.294 e. The number of aromatic nitrogens is 4. The van der Waals surface area contributed by atoms with Gasteiger partial charge in [0.2, 0.25) is 0 Å². The molecular formula is C37H26Cl4N6O5S. The molecule has 0 bridgehead atoms. The van der Waals surface area contributed by atoms with Crippen LogP contribution in [0.3, 0.4) is 0 Å². The summed E-state index contributed by atoms with van der Waals surface area (Å²) in [5.41, 5.74) is 7.34. The van der Waals surface area contributed by atoms with Crippen molar-refractivity contribution in [2.24, 2.45) is 0 Å². The number of halogens is 4. The maximum Gasteiger partial charge on any atom is 0.294 e. The fourth-order valence-corrected chi connectivity index (χ4v) is 8.33. The standard InChI is InChI=1S/C37H26Cl4N6O5S/c38-21-7-10-30(28(40)16-21)46-34-24-5-2-1-4-19(24)14-26(34)32(44-46)36(48)42-12-3-13-43-37(49)33-27-15-20-6-9-23(53(50,51)52)18-25(20)35(27)47(45-33)31-11-8-22(39)17-29(31)41/h1-2,4-11,16-18H,3,12-15H2,(H,42,48)(H,43,49)(H,50,51,52). The first-order valence-electron chi connectivity index (χ1n) is 16.3. The van der Waals surface area contributed by atoms with Gasteiger partial charge in [0.25, 0.3) is 21.9 Å². The molecule has 0 radical (unpaired) electrons. The van der Waals surface area contributed by atoms with Gasteiger partial charge in [0.1, 0.15) is 0 Å². The predicted molar refractivity (Wildman–Crippen MR) is 203 cm³/mol. The molecule has 2 aliphatic rings. The number of carbonyl (C=O) groups is 2. The van der Waals surface area contributed by atoms with Gasteiger partial charge in [-0.15, -0.1) is 0 Å². The molecule has 16 heteroatoms. The first-order valence-corrected chi connectivity index (χ1v) is 19.2. The summed E-state index contributed by atoms with van der Waals surface area (Å²) in [7, 11) is -4.50. The summed E-state index contributed by atoms with van der Waals surface area (Å²) in [5.74, 6) is -0.823. The summed E-state index contributed by atoms with van der Waals surface area (Å²) in [6, 6.07) is 22.1. The number of amides is 2. The van der Waals surface area contributed by atoms with Crippen LogP contribution in [0.4, 0.5) is 0 Å². The number of benzene rings is 4. The molecule has 6 aromatic rings. The maximum absolute atomic E-state index is 13.6. The Bertz CT molecular complexity index is 2640. The van der Waals surface area contributed by atoms with Crippen LogP contribution in [-0.4, -0.2) is 57.4 Å². The van der Waals surface area contributed by atoms with Crippen molar-refractivity contribution in [2.75, 3.05) is 13.1 Å². The van der Waals surface area contributed by atoms with E-state index in [1.165, 1.54) is 22.9 Å². The van der Waals surface area contributed by atoms with Gasteiger partial charge in [-0.3, -0.25) is 14.1 Å². The monoisotopic (exact) mass is 806 g/mol. The van der Waals surface area contributed by atoms with Gasteiger partial charge in [0, 0.05) is 58.2 Å². The van der Waals surface area contributed by atoms with Crippen molar-refractivity contribution in [3.05, 3.63) is 133 Å². The summed E-state index contributed by atoms with van der Waals surface area (Å²) in [6.07, 6.45) is 1.23. The van der Waals surface area contributed by atoms with E-state index < -0.39 is 16.0 Å². The van der Waals surface area contributed by atoms with Gasteiger partial charge in [-0.05, 0) is 66.1 Å². The Labute approximate surface area is 323 Å². The minimum Gasteiger partial charge on any atom is -0.351 e. The third kappa shape index (κ3) is 6.39. The Morgan fingerprint density at radius 2 is 1.19 bits per heavy atom. The van der Waals surface area contributed by atoms with E-state index in [0.717, 1.165) is 27.9 Å². The molecule has 2 aromatic heterocycles. The highest BCUT2D eigenvalue weighted by Crippen LogP contribution is 2.43. The molecule has 2 aliphatic carbocycles. The molecule has 0 spiro atoms. The Hall–Kier alpha value is -4.69. The second-order valence-corrected chi connectivity index (χ2v) is 15.6. The molecule has 4 aromatic carbocycles. The molecule has 53 heavy (non-hydrogen) atoms. The first-order chi connectivity index (χ1) is 25.4. The van der Waals surface area contributed by atoms with Gasteiger partial charge in [-0.25, -0.2) is 9.36 Å². The van der Waals surface area contributed by atoms with Crippen molar-refractivity contribution in [3.8, 4) is 33.9 Å². The van der Waals surface area contributed by atoms with Gasteiger partial charge in [-0.1, -0.05) is 76.7 Å². The largest absolute Gasteiger partial charge is 0.351 e. The molecule has 0 atom stereocenters. The van der Waals surface area contributed by atoms with Crippen molar-refractivity contribution < 1.29 is 22.6 Å². The Morgan fingerprint density at radius 3 is 1.72 bits per heavy atom. The number of nitrogens with one attached hydrogen (secondary N) is 2. The number of rotatable bonds is 9. The predicted octanol–water partition coefficient (Wildman–Crippen LogP) is 7.61. The fourth-order valence-electron chi connectivity index (χ4n) is 6.85. The lowest BCUT2D eigenvalue weighted by molar-refractivity contribution is 0.0945. The van der Waals surface area contributed by atoms with Crippen LogP contribution in [-0.2, 0) is 23.0 Å². The van der Waals surface area contributed by atoms with Crippen LogP contribution in [0, 0.1) is 0 Å². The third-order valence-corrected chi connectivity index (χ3v) is 11.2. The normalized spacial score (nSPS) is 12.6. The number of hydrogen-bond donors (Lipinski definition) is 3. The topological polar surface area (TPSA) is 148 Å². The van der Waals surface area contributed by atoms with Crippen molar-refractivity contribution in [1.82, 2.24) is 30.2 Å². The van der Waals surface area contributed by atoms with Gasteiger partial charge in [0.05, 0.1) is 37.7 Å². The lowest BCUT2D eigenvalue weighted by Crippen LogP contribution is -2.31. The average molecular weight is 809 g/mol. The number of hydrogen-bond acceptors (Lipinski definition) is 6. The van der Waals surface area contributed by atoms with Gasteiger partial charge >= 0.3 is 0 Å². The van der Waals surface area contributed by atoms with Crippen LogP contribution in [0.5, 0.6) is 0 Å². The van der Waals surface area contributed by atoms with E-state index in [2.05, 4.69) is 15.7 Å². The van der Waals surface area contributed by atoms with Gasteiger partial charge in [-0.2, -0.15) is 18.6 Å². The Balaban J connectivity index is 0.996. The molecular weight excluding hydrogens is 782 g/mol. The molecule has 0 saturated carbocycles. The Morgan fingerprint density at radius 1 is 0.679 bits per heavy atom. The molecule has 8 rings (SSSR count). The molecule has 3 N–H and O–H groups in total. The second kappa shape index (κ2) is 13.6. The van der Waals surface area contributed by atoms with Gasteiger partial charge < -0.3 is 10.6 Å². The highest BCUT2D eigenvalue weighted by Gasteiger charge is 2.34. The molecule has 0 aliphatic heterocycles. The first kappa shape index (κ1) is 35.3. The zero-order chi connectivity index (χ0) is 37.2. The third-order valence-electron chi connectivity index (χ3n) is 9.24. The van der Waals surface area contributed by atoms with Crippen LogP contribution in [0.2, 0.25) is 20.1 Å². The van der Waals surface area contributed by atoms with E-state index in [-0.39, 0.29) is 40.3 Å². The van der Waals surface area contributed by atoms with E-state index in [0.29, 0.717) is 62.5 Å². The SMILES string of the molecule is O=C(NCCCNC(=O)c1nn(-c2ccc(Cl)cc2Cl)c2c1Cc1ccc(S(=O)(=O)O)cc1-2)c1nn(-c2ccc(Cl)cc2Cl)c2c1Cc1ccccc1-2. The van der Waals surface area contributed by atoms with E-state index in [9.17, 15) is 22.6 Å². The molecule has 268 valence electrons. The van der Waals surface area contributed by atoms with Crippen molar-refractivity contribution in [2.45, 2.75) is 24.2 Å². The molecule has 11 nitrogen and oxygen atoms in total. The highest BCUT2D eigenvalue weighted by molar-refractivity contribution is 7.85.